The van der Waals surface area contributed by atoms with Gasteiger partial charge in [-0.3, -0.25) is 9.59 Å². The van der Waals surface area contributed by atoms with E-state index in [1.807, 2.05) is 72.8 Å². The average Bonchev–Trinajstić information content (AvgIpc) is 2.94. The molecule has 9 nitrogen and oxygen atoms in total. The van der Waals surface area contributed by atoms with Crippen molar-refractivity contribution in [2.45, 2.75) is 77.8 Å². The molecule has 1 aliphatic heterocycles. The van der Waals surface area contributed by atoms with E-state index >= 15 is 0 Å². The van der Waals surface area contributed by atoms with E-state index in [-0.39, 0.29) is 12.3 Å². The van der Waals surface area contributed by atoms with Crippen LogP contribution in [0.3, 0.4) is 0 Å². The molecule has 0 radical (unpaired) electrons. The van der Waals surface area contributed by atoms with Gasteiger partial charge in [-0.05, 0) is 87.6 Å². The number of carbonyl (C=O) groups is 3. The third kappa shape index (κ3) is 8.98. The van der Waals surface area contributed by atoms with Crippen molar-refractivity contribution in [1.82, 2.24) is 15.5 Å². The number of ether oxygens (including phenoxy) is 2. The smallest absolute Gasteiger partial charge is 0.408 e. The maximum atomic E-state index is 13.9. The number of rotatable bonds is 9. The van der Waals surface area contributed by atoms with E-state index in [2.05, 4.69) is 10.6 Å². The summed E-state index contributed by atoms with van der Waals surface area (Å²) in [6.07, 6.45) is 0.236. The first kappa shape index (κ1) is 31.4. The minimum Gasteiger partial charge on any atom is -0.489 e. The van der Waals surface area contributed by atoms with Crippen LogP contribution >= 0.6 is 0 Å². The summed E-state index contributed by atoms with van der Waals surface area (Å²) in [4.78, 5) is 41.6. The van der Waals surface area contributed by atoms with Crippen LogP contribution in [0, 0.1) is 0 Å². The van der Waals surface area contributed by atoms with Crippen LogP contribution < -0.4 is 21.1 Å². The Morgan fingerprint density at radius 1 is 0.907 bits per heavy atom. The summed E-state index contributed by atoms with van der Waals surface area (Å²) in [5.41, 5.74) is 8.66. The predicted molar refractivity (Wildman–Crippen MR) is 166 cm³/mol. The first-order chi connectivity index (χ1) is 20.3. The van der Waals surface area contributed by atoms with E-state index in [1.165, 1.54) is 0 Å². The Bertz CT molecular complexity index is 1430. The average molecular weight is 587 g/mol. The maximum Gasteiger partial charge on any atom is 0.408 e. The van der Waals surface area contributed by atoms with Gasteiger partial charge < -0.3 is 30.7 Å². The highest BCUT2D eigenvalue weighted by molar-refractivity contribution is 5.93. The molecule has 1 aliphatic rings. The molecule has 9 heteroatoms. The van der Waals surface area contributed by atoms with Crippen molar-refractivity contribution in [3.63, 3.8) is 0 Å². The molecule has 0 aliphatic carbocycles. The van der Waals surface area contributed by atoms with E-state index in [0.717, 1.165) is 22.3 Å². The van der Waals surface area contributed by atoms with Gasteiger partial charge in [0.2, 0.25) is 11.8 Å². The Morgan fingerprint density at radius 3 is 2.28 bits per heavy atom. The SMILES string of the molecule is CC(C)(C)OC(=O)NC(C)(C)C(=O)N[C@H](Cc1ccc(OCc2ccccc2)cc1)C(=O)N1CCc2ccc(N)cc2C1. The summed E-state index contributed by atoms with van der Waals surface area (Å²) >= 11 is 0. The fourth-order valence-corrected chi connectivity index (χ4v) is 4.84. The number of nitrogen functional groups attached to an aromatic ring is 1. The number of amides is 3. The van der Waals surface area contributed by atoms with Crippen LogP contribution in [0.5, 0.6) is 5.75 Å². The second-order valence-electron chi connectivity index (χ2n) is 12.4. The Hall–Kier alpha value is -4.53. The molecular formula is C34H42N4O5. The minimum absolute atomic E-state index is 0.209. The highest BCUT2D eigenvalue weighted by Gasteiger charge is 2.36. The molecule has 0 fully saturated rings. The van der Waals surface area contributed by atoms with Gasteiger partial charge in [0.15, 0.2) is 0 Å². The molecule has 4 N–H and O–H groups in total. The van der Waals surface area contributed by atoms with Crippen LogP contribution in [0.25, 0.3) is 0 Å². The molecule has 3 amide bonds. The van der Waals surface area contributed by atoms with Gasteiger partial charge in [0.1, 0.15) is 29.5 Å². The first-order valence-corrected chi connectivity index (χ1v) is 14.5. The van der Waals surface area contributed by atoms with Crippen molar-refractivity contribution in [2.75, 3.05) is 12.3 Å². The van der Waals surface area contributed by atoms with Gasteiger partial charge in [0, 0.05) is 25.2 Å². The lowest BCUT2D eigenvalue weighted by Gasteiger charge is -2.34. The zero-order chi connectivity index (χ0) is 31.2. The zero-order valence-corrected chi connectivity index (χ0v) is 25.6. The second kappa shape index (κ2) is 13.2. The largest absolute Gasteiger partial charge is 0.489 e. The molecule has 3 aromatic rings. The summed E-state index contributed by atoms with van der Waals surface area (Å²) in [5.74, 6) is -0.00694. The molecule has 0 unspecified atom stereocenters. The molecule has 3 aromatic carbocycles. The number of fused-ring (bicyclic) bond motifs is 1. The number of nitrogens with one attached hydrogen (secondary N) is 2. The van der Waals surface area contributed by atoms with Crippen molar-refractivity contribution in [1.29, 1.82) is 0 Å². The lowest BCUT2D eigenvalue weighted by Crippen LogP contribution is -2.60. The monoisotopic (exact) mass is 586 g/mol. The highest BCUT2D eigenvalue weighted by Crippen LogP contribution is 2.23. The number of benzene rings is 3. The Morgan fingerprint density at radius 2 is 1.60 bits per heavy atom. The molecule has 0 saturated heterocycles. The number of hydrogen-bond acceptors (Lipinski definition) is 6. The van der Waals surface area contributed by atoms with Gasteiger partial charge in [-0.15, -0.1) is 0 Å². The molecule has 228 valence electrons. The molecular weight excluding hydrogens is 544 g/mol. The minimum atomic E-state index is -1.33. The van der Waals surface area contributed by atoms with Gasteiger partial charge in [-0.1, -0.05) is 48.5 Å². The molecule has 1 atom stereocenters. The van der Waals surface area contributed by atoms with E-state index in [9.17, 15) is 14.4 Å². The van der Waals surface area contributed by atoms with Gasteiger partial charge in [0.25, 0.3) is 0 Å². The normalized spacial score (nSPS) is 13.8. The third-order valence-corrected chi connectivity index (χ3v) is 7.15. The molecule has 0 spiro atoms. The topological polar surface area (TPSA) is 123 Å². The van der Waals surface area contributed by atoms with E-state index in [4.69, 9.17) is 15.2 Å². The van der Waals surface area contributed by atoms with Gasteiger partial charge in [0.05, 0.1) is 0 Å². The van der Waals surface area contributed by atoms with Crippen molar-refractivity contribution in [3.8, 4) is 5.75 Å². The standard InChI is InChI=1S/C34H42N4O5/c1-33(2,3)43-32(41)37-34(4,5)31(40)36-29(30(39)38-18-17-25-13-14-27(35)20-26(25)21-38)19-23-11-15-28(16-12-23)42-22-24-9-7-6-8-10-24/h6-16,20,29H,17-19,21-22,35H2,1-5H3,(H,36,40)(H,37,41)/t29-/m1/s1. The van der Waals surface area contributed by atoms with Crippen molar-refractivity contribution >= 4 is 23.6 Å². The van der Waals surface area contributed by atoms with Gasteiger partial charge in [-0.25, -0.2) is 4.79 Å². The number of nitrogens with zero attached hydrogens (tertiary/aromatic N) is 1. The van der Waals surface area contributed by atoms with E-state index < -0.39 is 29.2 Å². The van der Waals surface area contributed by atoms with Crippen molar-refractivity contribution < 1.29 is 23.9 Å². The molecule has 1 heterocycles. The Labute approximate surface area is 253 Å². The van der Waals surface area contributed by atoms with E-state index in [0.29, 0.717) is 37.6 Å². The molecule has 0 saturated carbocycles. The number of carbonyl (C=O) groups excluding carboxylic acids is 3. The summed E-state index contributed by atoms with van der Waals surface area (Å²) in [6.45, 7) is 9.76. The van der Waals surface area contributed by atoms with Crippen LogP contribution in [-0.2, 0) is 40.3 Å². The van der Waals surface area contributed by atoms with Crippen LogP contribution in [-0.4, -0.2) is 46.5 Å². The first-order valence-electron chi connectivity index (χ1n) is 14.5. The quantitative estimate of drug-likeness (QED) is 0.311. The number of nitrogens with two attached hydrogens (primary N) is 1. The number of alkyl carbamates (subject to hydrolysis) is 1. The molecule has 0 bridgehead atoms. The molecule has 0 aromatic heterocycles. The van der Waals surface area contributed by atoms with Crippen LogP contribution in [0.15, 0.2) is 72.8 Å². The summed E-state index contributed by atoms with van der Waals surface area (Å²) < 4.78 is 11.3. The van der Waals surface area contributed by atoms with Crippen molar-refractivity contribution in [2.24, 2.45) is 0 Å². The summed E-state index contributed by atoms with van der Waals surface area (Å²) in [5, 5.41) is 5.54. The van der Waals surface area contributed by atoms with Crippen LogP contribution in [0.1, 0.15) is 56.9 Å². The molecule has 4 rings (SSSR count). The number of hydrogen-bond donors (Lipinski definition) is 3. The van der Waals surface area contributed by atoms with Gasteiger partial charge in [-0.2, -0.15) is 0 Å². The zero-order valence-electron chi connectivity index (χ0n) is 25.6. The van der Waals surface area contributed by atoms with Gasteiger partial charge >= 0.3 is 6.09 Å². The maximum absolute atomic E-state index is 13.9. The third-order valence-electron chi connectivity index (χ3n) is 7.15. The lowest BCUT2D eigenvalue weighted by molar-refractivity contribution is -0.138. The van der Waals surface area contributed by atoms with Crippen molar-refractivity contribution in [3.05, 3.63) is 95.1 Å². The fraction of sp³-hybridized carbons (Fsp3) is 0.382. The van der Waals surface area contributed by atoms with Crippen LogP contribution in [0.4, 0.5) is 10.5 Å². The Balaban J connectivity index is 1.49. The summed E-state index contributed by atoms with van der Waals surface area (Å²) in [7, 11) is 0. The van der Waals surface area contributed by atoms with E-state index in [1.54, 1.807) is 39.5 Å². The van der Waals surface area contributed by atoms with Crippen LogP contribution in [0.2, 0.25) is 0 Å². The number of anilines is 1. The molecule has 43 heavy (non-hydrogen) atoms. The lowest BCUT2D eigenvalue weighted by atomic mass is 9.97. The fourth-order valence-electron chi connectivity index (χ4n) is 4.84. The second-order valence-corrected chi connectivity index (χ2v) is 12.4. The predicted octanol–water partition coefficient (Wildman–Crippen LogP) is 4.76. The Kier molecular flexibility index (Phi) is 9.63. The summed E-state index contributed by atoms with van der Waals surface area (Å²) in [6, 6.07) is 22.3. The highest BCUT2D eigenvalue weighted by atomic mass is 16.6.